The van der Waals surface area contributed by atoms with Crippen molar-refractivity contribution < 1.29 is 14.1 Å². The van der Waals surface area contributed by atoms with Gasteiger partial charge in [0.25, 0.3) is 5.91 Å². The summed E-state index contributed by atoms with van der Waals surface area (Å²) in [7, 11) is 0. The van der Waals surface area contributed by atoms with Crippen molar-refractivity contribution in [3.05, 3.63) is 17.5 Å². The molecule has 0 atom stereocenters. The molecule has 0 bridgehead atoms. The maximum Gasteiger partial charge on any atom is 0.273 e. The number of hydrogen-bond acceptors (Lipinski definition) is 4. The van der Waals surface area contributed by atoms with Crippen molar-refractivity contribution in [1.29, 1.82) is 0 Å². The Bertz CT molecular complexity index is 513. The molecule has 2 amide bonds. The van der Waals surface area contributed by atoms with Gasteiger partial charge < -0.3 is 14.7 Å². The Balaban J connectivity index is 1.48. The van der Waals surface area contributed by atoms with Gasteiger partial charge in [0.05, 0.1) is 0 Å². The number of likely N-dealkylation sites (tertiary alicyclic amines) is 1. The predicted octanol–water partition coefficient (Wildman–Crippen LogP) is 1.11. The van der Waals surface area contributed by atoms with Gasteiger partial charge in [-0.1, -0.05) is 5.16 Å². The molecule has 0 unspecified atom stereocenters. The lowest BCUT2D eigenvalue weighted by atomic mass is 10.0. The molecule has 20 heavy (non-hydrogen) atoms. The van der Waals surface area contributed by atoms with Crippen molar-refractivity contribution in [1.82, 2.24) is 15.4 Å². The summed E-state index contributed by atoms with van der Waals surface area (Å²) in [6, 6.07) is 1.74. The Morgan fingerprint density at radius 3 is 2.55 bits per heavy atom. The van der Waals surface area contributed by atoms with Crippen LogP contribution >= 0.6 is 0 Å². The summed E-state index contributed by atoms with van der Waals surface area (Å²) in [4.78, 5) is 25.8. The molecule has 3 rings (SSSR count). The number of carbonyl (C=O) groups excluding carboxylic acids is 2. The van der Waals surface area contributed by atoms with Crippen LogP contribution in [0, 0.1) is 12.8 Å². The van der Waals surface area contributed by atoms with E-state index in [0.29, 0.717) is 17.4 Å². The second kappa shape index (κ2) is 5.26. The summed E-state index contributed by atoms with van der Waals surface area (Å²) in [5, 5.41) is 6.66. The van der Waals surface area contributed by atoms with Crippen molar-refractivity contribution >= 4 is 11.8 Å². The van der Waals surface area contributed by atoms with Crippen molar-refractivity contribution in [2.24, 2.45) is 5.92 Å². The van der Waals surface area contributed by atoms with Crippen LogP contribution in [0.2, 0.25) is 0 Å². The van der Waals surface area contributed by atoms with Crippen molar-refractivity contribution in [2.75, 3.05) is 13.1 Å². The van der Waals surface area contributed by atoms with Crippen LogP contribution < -0.4 is 5.32 Å². The van der Waals surface area contributed by atoms with Gasteiger partial charge in [-0.3, -0.25) is 9.59 Å². The second-order valence-corrected chi connectivity index (χ2v) is 5.67. The quantitative estimate of drug-likeness (QED) is 0.898. The smallest absolute Gasteiger partial charge is 0.273 e. The highest BCUT2D eigenvalue weighted by Crippen LogP contribution is 2.31. The summed E-state index contributed by atoms with van der Waals surface area (Å²) in [6.07, 6.45) is 3.70. The number of aryl methyl sites for hydroxylation is 1. The van der Waals surface area contributed by atoms with Crippen LogP contribution in [0.5, 0.6) is 0 Å². The maximum absolute atomic E-state index is 11.9. The van der Waals surface area contributed by atoms with E-state index in [4.69, 9.17) is 4.52 Å². The number of nitrogens with one attached hydrogen (secondary N) is 1. The Morgan fingerprint density at radius 1 is 1.30 bits per heavy atom. The van der Waals surface area contributed by atoms with E-state index in [1.807, 2.05) is 4.90 Å². The minimum absolute atomic E-state index is 0.114. The lowest BCUT2D eigenvalue weighted by Crippen LogP contribution is -2.47. The molecule has 1 aromatic heterocycles. The number of rotatable bonds is 3. The molecule has 0 radical (unpaired) electrons. The standard InChI is InChI=1S/C14H19N3O3/c1-9-8-12(16-20-9)13(18)15-11-4-6-17(7-5-11)14(19)10-2-3-10/h8,10-11H,2-7H2,1H3,(H,15,18). The maximum atomic E-state index is 11.9. The Kier molecular flexibility index (Phi) is 3.46. The fraction of sp³-hybridized carbons (Fsp3) is 0.643. The number of piperidine rings is 1. The fourth-order valence-electron chi connectivity index (χ4n) is 2.57. The minimum Gasteiger partial charge on any atom is -0.361 e. The highest BCUT2D eigenvalue weighted by molar-refractivity contribution is 5.92. The van der Waals surface area contributed by atoms with E-state index in [9.17, 15) is 9.59 Å². The van der Waals surface area contributed by atoms with E-state index in [-0.39, 0.29) is 17.9 Å². The van der Waals surface area contributed by atoms with Gasteiger partial charge in [-0.05, 0) is 32.6 Å². The van der Waals surface area contributed by atoms with Crippen LogP contribution in [0.4, 0.5) is 0 Å². The molecule has 1 aromatic rings. The summed E-state index contributed by atoms with van der Waals surface area (Å²) in [5.74, 6) is 0.995. The summed E-state index contributed by atoms with van der Waals surface area (Å²) < 4.78 is 4.89. The lowest BCUT2D eigenvalue weighted by Gasteiger charge is -2.32. The van der Waals surface area contributed by atoms with Gasteiger partial charge in [0.15, 0.2) is 5.69 Å². The summed E-state index contributed by atoms with van der Waals surface area (Å²) in [5.41, 5.74) is 0.319. The van der Waals surface area contributed by atoms with Crippen molar-refractivity contribution in [3.63, 3.8) is 0 Å². The van der Waals surface area contributed by atoms with Gasteiger partial charge in [-0.25, -0.2) is 0 Å². The molecule has 6 heteroatoms. The zero-order valence-electron chi connectivity index (χ0n) is 11.6. The first-order valence-electron chi connectivity index (χ1n) is 7.16. The van der Waals surface area contributed by atoms with E-state index in [1.165, 1.54) is 0 Å². The molecular weight excluding hydrogens is 258 g/mol. The number of hydrogen-bond donors (Lipinski definition) is 1. The van der Waals surface area contributed by atoms with Gasteiger partial charge in [-0.15, -0.1) is 0 Å². The number of aromatic nitrogens is 1. The third-order valence-corrected chi connectivity index (χ3v) is 3.93. The molecule has 6 nitrogen and oxygen atoms in total. The zero-order valence-corrected chi connectivity index (χ0v) is 11.6. The van der Waals surface area contributed by atoms with Gasteiger partial charge in [-0.2, -0.15) is 0 Å². The SMILES string of the molecule is Cc1cc(C(=O)NC2CCN(C(=O)C3CC3)CC2)no1. The van der Waals surface area contributed by atoms with E-state index >= 15 is 0 Å². The zero-order chi connectivity index (χ0) is 14.1. The highest BCUT2D eigenvalue weighted by Gasteiger charge is 2.35. The predicted molar refractivity (Wildman–Crippen MR) is 71.0 cm³/mol. The molecule has 2 heterocycles. The largest absolute Gasteiger partial charge is 0.361 e. The molecule has 0 spiro atoms. The minimum atomic E-state index is -0.200. The number of carbonyl (C=O) groups is 2. The molecular formula is C14H19N3O3. The molecule has 2 fully saturated rings. The van der Waals surface area contributed by atoms with Crippen LogP contribution in [0.25, 0.3) is 0 Å². The monoisotopic (exact) mass is 277 g/mol. The van der Waals surface area contributed by atoms with Gasteiger partial charge in [0, 0.05) is 31.1 Å². The normalized spacial score (nSPS) is 19.9. The molecule has 1 aliphatic heterocycles. The highest BCUT2D eigenvalue weighted by atomic mass is 16.5. The third-order valence-electron chi connectivity index (χ3n) is 3.93. The Morgan fingerprint density at radius 2 is 2.00 bits per heavy atom. The number of amides is 2. The molecule has 1 aliphatic carbocycles. The van der Waals surface area contributed by atoms with Crippen LogP contribution in [-0.2, 0) is 4.79 Å². The van der Waals surface area contributed by atoms with E-state index in [2.05, 4.69) is 10.5 Å². The second-order valence-electron chi connectivity index (χ2n) is 5.67. The van der Waals surface area contributed by atoms with Gasteiger partial charge >= 0.3 is 0 Å². The van der Waals surface area contributed by atoms with Gasteiger partial charge in [0.2, 0.25) is 5.91 Å². The molecule has 1 saturated carbocycles. The third kappa shape index (κ3) is 2.84. The first-order valence-corrected chi connectivity index (χ1v) is 7.16. The topological polar surface area (TPSA) is 75.4 Å². The van der Waals surface area contributed by atoms with E-state index in [1.54, 1.807) is 13.0 Å². The average Bonchev–Trinajstić information content (AvgIpc) is 3.20. The average molecular weight is 277 g/mol. The molecule has 2 aliphatic rings. The van der Waals surface area contributed by atoms with Crippen LogP contribution in [-0.4, -0.2) is 41.0 Å². The molecule has 0 aromatic carbocycles. The van der Waals surface area contributed by atoms with Crippen molar-refractivity contribution in [3.8, 4) is 0 Å². The Hall–Kier alpha value is -1.85. The van der Waals surface area contributed by atoms with Crippen LogP contribution in [0.1, 0.15) is 41.9 Å². The summed E-state index contributed by atoms with van der Waals surface area (Å²) >= 11 is 0. The molecule has 1 N–H and O–H groups in total. The van der Waals surface area contributed by atoms with Crippen molar-refractivity contribution in [2.45, 2.75) is 38.6 Å². The molecule has 1 saturated heterocycles. The Labute approximate surface area is 117 Å². The number of nitrogens with zero attached hydrogens (tertiary/aromatic N) is 2. The molecule has 108 valence electrons. The lowest BCUT2D eigenvalue weighted by molar-refractivity contribution is -0.133. The first-order chi connectivity index (χ1) is 9.63. The summed E-state index contributed by atoms with van der Waals surface area (Å²) in [6.45, 7) is 3.22. The van der Waals surface area contributed by atoms with Crippen LogP contribution in [0.3, 0.4) is 0 Å². The van der Waals surface area contributed by atoms with E-state index in [0.717, 1.165) is 38.8 Å². The first kappa shape index (κ1) is 13.1. The fourth-order valence-corrected chi connectivity index (χ4v) is 2.57. The van der Waals surface area contributed by atoms with Gasteiger partial charge in [0.1, 0.15) is 5.76 Å². The van der Waals surface area contributed by atoms with Crippen LogP contribution in [0.15, 0.2) is 10.6 Å². The van der Waals surface area contributed by atoms with E-state index < -0.39 is 0 Å².